The van der Waals surface area contributed by atoms with E-state index >= 15 is 0 Å². The molecule has 2 heterocycles. The Morgan fingerprint density at radius 2 is 1.92 bits per heavy atom. The van der Waals surface area contributed by atoms with Crippen LogP contribution >= 0.6 is 11.8 Å². The van der Waals surface area contributed by atoms with Gasteiger partial charge in [-0.05, 0) is 36.0 Å². The van der Waals surface area contributed by atoms with Gasteiger partial charge in [-0.25, -0.2) is 0 Å². The van der Waals surface area contributed by atoms with Crippen molar-refractivity contribution in [3.63, 3.8) is 0 Å². The number of aromatic nitrogens is 3. The second-order valence-corrected chi connectivity index (χ2v) is 6.24. The molecule has 0 atom stereocenters. The van der Waals surface area contributed by atoms with Gasteiger partial charge in [0, 0.05) is 19.8 Å². The summed E-state index contributed by atoms with van der Waals surface area (Å²) in [5, 5.41) is 3.79. The number of benzene rings is 1. The lowest BCUT2D eigenvalue weighted by atomic mass is 10.3. The average Bonchev–Trinajstić information content (AvgIpc) is 3.25. The van der Waals surface area contributed by atoms with Crippen LogP contribution in [0, 0.1) is 0 Å². The number of hydrogen-bond donors (Lipinski definition) is 0. The number of amides is 1. The van der Waals surface area contributed by atoms with Gasteiger partial charge in [-0.15, -0.1) is 10.2 Å². The van der Waals surface area contributed by atoms with Crippen molar-refractivity contribution in [1.29, 1.82) is 0 Å². The number of carbonyl (C=O) groups is 1. The van der Waals surface area contributed by atoms with Crippen LogP contribution in [0.3, 0.4) is 0 Å². The second kappa shape index (κ2) is 6.67. The van der Waals surface area contributed by atoms with Crippen molar-refractivity contribution in [2.24, 2.45) is 7.05 Å². The summed E-state index contributed by atoms with van der Waals surface area (Å²) in [5.74, 6) is -0.642. The van der Waals surface area contributed by atoms with Gasteiger partial charge in [0.25, 0.3) is 0 Å². The van der Waals surface area contributed by atoms with Gasteiger partial charge in [0.1, 0.15) is 0 Å². The largest absolute Gasteiger partial charge is 0.461 e. The topological polar surface area (TPSA) is 64.2 Å². The Morgan fingerprint density at radius 1 is 1.20 bits per heavy atom. The van der Waals surface area contributed by atoms with E-state index in [1.165, 1.54) is 24.9 Å². The molecule has 0 aliphatic heterocycles. The van der Waals surface area contributed by atoms with Crippen molar-refractivity contribution >= 4 is 23.4 Å². The Morgan fingerprint density at radius 3 is 2.56 bits per heavy atom. The Hall–Kier alpha value is -2.68. The summed E-state index contributed by atoms with van der Waals surface area (Å²) in [7, 11) is 2.83. The first kappa shape index (κ1) is 17.2. The fourth-order valence-electron chi connectivity index (χ4n) is 2.15. The van der Waals surface area contributed by atoms with Crippen molar-refractivity contribution in [3.05, 3.63) is 48.7 Å². The van der Waals surface area contributed by atoms with E-state index in [1.54, 1.807) is 42.5 Å². The van der Waals surface area contributed by atoms with Gasteiger partial charge < -0.3 is 13.9 Å². The van der Waals surface area contributed by atoms with Crippen molar-refractivity contribution in [2.45, 2.75) is 10.4 Å². The molecule has 0 N–H and O–H groups in total. The summed E-state index contributed by atoms with van der Waals surface area (Å²) < 4.78 is 35.4. The zero-order valence-corrected chi connectivity index (χ0v) is 14.2. The fraction of sp³-hybridized carbons (Fsp3) is 0.188. The van der Waals surface area contributed by atoms with Crippen LogP contribution in [0.1, 0.15) is 0 Å². The number of anilines is 1. The van der Waals surface area contributed by atoms with E-state index in [-0.39, 0.29) is 16.9 Å². The lowest BCUT2D eigenvalue weighted by molar-refractivity contribution is -0.131. The van der Waals surface area contributed by atoms with Crippen LogP contribution in [0.15, 0.2) is 58.3 Å². The minimum Gasteiger partial charge on any atom is -0.461 e. The third kappa shape index (κ3) is 3.41. The molecule has 0 bridgehead atoms. The van der Waals surface area contributed by atoms with E-state index in [0.717, 1.165) is 4.90 Å². The highest BCUT2D eigenvalue weighted by Gasteiger charge is 2.44. The summed E-state index contributed by atoms with van der Waals surface area (Å²) in [5.41, 5.74) is 0.377. The van der Waals surface area contributed by atoms with E-state index in [1.807, 2.05) is 0 Å². The summed E-state index contributed by atoms with van der Waals surface area (Å²) in [6.45, 7) is 0. The molecule has 0 radical (unpaired) electrons. The summed E-state index contributed by atoms with van der Waals surface area (Å²) >= 11 is 0.0449. The van der Waals surface area contributed by atoms with Gasteiger partial charge in [-0.2, -0.15) is 8.78 Å². The SMILES string of the molecule is CN(C(=O)C(F)(F)Sc1nnc(-c2ccco2)n1C)c1ccccc1. The standard InChI is InChI=1S/C16H14F2N4O2S/c1-21(11-7-4-3-5-8-11)14(23)16(17,18)25-15-20-19-13(22(15)2)12-9-6-10-24-12/h3-10H,1-2H3. The number of rotatable bonds is 5. The van der Waals surface area contributed by atoms with Gasteiger partial charge in [-0.3, -0.25) is 4.79 Å². The number of carbonyl (C=O) groups excluding carboxylic acids is 1. The van der Waals surface area contributed by atoms with Crippen molar-refractivity contribution < 1.29 is 18.0 Å². The first-order valence-electron chi connectivity index (χ1n) is 7.23. The van der Waals surface area contributed by atoms with Gasteiger partial charge in [-0.1, -0.05) is 18.2 Å². The van der Waals surface area contributed by atoms with E-state index in [4.69, 9.17) is 4.42 Å². The highest BCUT2D eigenvalue weighted by molar-refractivity contribution is 8.00. The van der Waals surface area contributed by atoms with Crippen molar-refractivity contribution in [3.8, 4) is 11.6 Å². The third-order valence-corrected chi connectivity index (χ3v) is 4.46. The molecule has 3 rings (SSSR count). The summed E-state index contributed by atoms with van der Waals surface area (Å²) in [4.78, 5) is 13.1. The highest BCUT2D eigenvalue weighted by atomic mass is 32.2. The quantitative estimate of drug-likeness (QED) is 0.649. The number of halogens is 2. The molecule has 0 saturated carbocycles. The first-order valence-corrected chi connectivity index (χ1v) is 8.05. The molecule has 0 unspecified atom stereocenters. The molecule has 25 heavy (non-hydrogen) atoms. The molecule has 6 nitrogen and oxygen atoms in total. The Balaban J connectivity index is 1.81. The number of hydrogen-bond acceptors (Lipinski definition) is 5. The van der Waals surface area contributed by atoms with E-state index < -0.39 is 11.2 Å². The molecule has 130 valence electrons. The predicted octanol–water partition coefficient (Wildman–Crippen LogP) is 3.42. The number of para-hydroxylation sites is 1. The lowest BCUT2D eigenvalue weighted by Crippen LogP contribution is -2.39. The maximum Gasteiger partial charge on any atom is 0.378 e. The normalized spacial score (nSPS) is 11.5. The van der Waals surface area contributed by atoms with Crippen LogP contribution in [0.5, 0.6) is 0 Å². The smallest absolute Gasteiger partial charge is 0.378 e. The van der Waals surface area contributed by atoms with Crippen LogP contribution in [-0.2, 0) is 11.8 Å². The van der Waals surface area contributed by atoms with E-state index in [9.17, 15) is 13.6 Å². The molecule has 1 aromatic carbocycles. The first-order chi connectivity index (χ1) is 11.9. The van der Waals surface area contributed by atoms with Crippen LogP contribution < -0.4 is 4.90 Å². The van der Waals surface area contributed by atoms with E-state index in [0.29, 0.717) is 17.3 Å². The molecule has 3 aromatic rings. The van der Waals surface area contributed by atoms with Crippen LogP contribution in [-0.4, -0.2) is 33.0 Å². The van der Waals surface area contributed by atoms with Crippen LogP contribution in [0.25, 0.3) is 11.6 Å². The number of furan rings is 1. The highest BCUT2D eigenvalue weighted by Crippen LogP contribution is 2.38. The molecule has 1 amide bonds. The Labute approximate surface area is 146 Å². The molecule has 0 fully saturated rings. The number of alkyl halides is 2. The number of nitrogens with zero attached hydrogens (tertiary/aromatic N) is 4. The molecule has 2 aromatic heterocycles. The third-order valence-electron chi connectivity index (χ3n) is 3.49. The van der Waals surface area contributed by atoms with Gasteiger partial charge in [0.05, 0.1) is 6.26 Å². The Bertz CT molecular complexity index is 866. The zero-order chi connectivity index (χ0) is 18.0. The predicted molar refractivity (Wildman–Crippen MR) is 89.4 cm³/mol. The molecule has 0 saturated heterocycles. The molecule has 0 spiro atoms. The average molecular weight is 364 g/mol. The molecule has 9 heteroatoms. The maximum absolute atomic E-state index is 14.4. The van der Waals surface area contributed by atoms with Crippen LogP contribution in [0.2, 0.25) is 0 Å². The second-order valence-electron chi connectivity index (χ2n) is 5.16. The summed E-state index contributed by atoms with van der Waals surface area (Å²) in [6.07, 6.45) is 1.45. The van der Waals surface area contributed by atoms with Crippen molar-refractivity contribution in [2.75, 3.05) is 11.9 Å². The Kier molecular flexibility index (Phi) is 4.58. The van der Waals surface area contributed by atoms with E-state index in [2.05, 4.69) is 10.2 Å². The summed E-state index contributed by atoms with van der Waals surface area (Å²) in [6, 6.07) is 11.5. The number of thioether (sulfide) groups is 1. The van der Waals surface area contributed by atoms with Gasteiger partial charge in [0.15, 0.2) is 16.7 Å². The lowest BCUT2D eigenvalue weighted by Gasteiger charge is -2.22. The monoisotopic (exact) mass is 364 g/mol. The van der Waals surface area contributed by atoms with Gasteiger partial charge >= 0.3 is 11.2 Å². The molecule has 0 aliphatic carbocycles. The zero-order valence-electron chi connectivity index (χ0n) is 13.4. The van der Waals surface area contributed by atoms with Crippen molar-refractivity contribution in [1.82, 2.24) is 14.8 Å². The fourth-order valence-corrected chi connectivity index (χ4v) is 2.91. The minimum absolute atomic E-state index is 0.0449. The van der Waals surface area contributed by atoms with Gasteiger partial charge in [0.2, 0.25) is 0 Å². The molecular weight excluding hydrogens is 350 g/mol. The minimum atomic E-state index is -3.70. The molecule has 0 aliphatic rings. The maximum atomic E-state index is 14.4. The molecular formula is C16H14F2N4O2S. The van der Waals surface area contributed by atoms with Crippen LogP contribution in [0.4, 0.5) is 14.5 Å².